The summed E-state index contributed by atoms with van der Waals surface area (Å²) in [7, 11) is 0. The number of hydrogen-bond acceptors (Lipinski definition) is 2. The van der Waals surface area contributed by atoms with Crippen molar-refractivity contribution in [3.8, 4) is 0 Å². The van der Waals surface area contributed by atoms with E-state index in [-0.39, 0.29) is 5.41 Å². The molecule has 0 radical (unpaired) electrons. The van der Waals surface area contributed by atoms with E-state index in [1.54, 1.807) is 0 Å². The molecule has 0 spiro atoms. The Morgan fingerprint density at radius 1 is 1.44 bits per heavy atom. The zero-order valence-corrected chi connectivity index (χ0v) is 10.9. The number of nitrogens with zero attached hydrogens (tertiary/aromatic N) is 2. The largest absolute Gasteiger partial charge is 0.481 e. The second-order valence-electron chi connectivity index (χ2n) is 5.66. The molecule has 0 fully saturated rings. The van der Waals surface area contributed by atoms with E-state index in [0.717, 1.165) is 11.3 Å². The summed E-state index contributed by atoms with van der Waals surface area (Å²) in [4.78, 5) is 15.8. The molecule has 1 N–H and O–H groups in total. The van der Waals surface area contributed by atoms with Crippen molar-refractivity contribution in [3.05, 3.63) is 36.3 Å². The monoisotopic (exact) mass is 246 g/mol. The minimum atomic E-state index is -0.764. The van der Waals surface area contributed by atoms with Gasteiger partial charge in [0, 0.05) is 18.8 Å². The Bertz CT molecular complexity index is 533. The van der Waals surface area contributed by atoms with Crippen LogP contribution in [0.2, 0.25) is 0 Å². The van der Waals surface area contributed by atoms with E-state index in [9.17, 15) is 9.90 Å². The van der Waals surface area contributed by atoms with Crippen LogP contribution in [0.3, 0.4) is 0 Å². The van der Waals surface area contributed by atoms with E-state index in [0.29, 0.717) is 6.42 Å². The highest BCUT2D eigenvalue weighted by Gasteiger charge is 2.31. The average Bonchev–Trinajstić information content (AvgIpc) is 2.66. The molecule has 2 rings (SSSR count). The van der Waals surface area contributed by atoms with Gasteiger partial charge in [0.25, 0.3) is 0 Å². The molecule has 2 heterocycles. The number of carboxylic acid groups (broad SMARTS) is 1. The molecule has 18 heavy (non-hydrogen) atoms. The van der Waals surface area contributed by atoms with Gasteiger partial charge in [-0.15, -0.1) is 0 Å². The van der Waals surface area contributed by atoms with Gasteiger partial charge in [-0.1, -0.05) is 26.8 Å². The Morgan fingerprint density at radius 3 is 2.72 bits per heavy atom. The minimum Gasteiger partial charge on any atom is -0.481 e. The predicted octanol–water partition coefficient (Wildman–Crippen LogP) is 2.62. The number of aromatic nitrogens is 2. The van der Waals surface area contributed by atoms with Crippen LogP contribution in [-0.4, -0.2) is 20.5 Å². The average molecular weight is 246 g/mol. The summed E-state index contributed by atoms with van der Waals surface area (Å²) in [5.41, 5.74) is 1.40. The smallest absolute Gasteiger partial charge is 0.307 e. The second kappa shape index (κ2) is 4.44. The highest BCUT2D eigenvalue weighted by Crippen LogP contribution is 2.29. The molecule has 1 atom stereocenters. The first-order chi connectivity index (χ1) is 8.38. The van der Waals surface area contributed by atoms with Crippen LogP contribution >= 0.6 is 0 Å². The zero-order chi connectivity index (χ0) is 13.3. The molecule has 0 aromatic carbocycles. The molecule has 0 bridgehead atoms. The van der Waals surface area contributed by atoms with Crippen molar-refractivity contribution in [2.45, 2.75) is 27.2 Å². The third-order valence-corrected chi connectivity index (χ3v) is 3.17. The van der Waals surface area contributed by atoms with E-state index in [4.69, 9.17) is 0 Å². The number of hydrogen-bond donors (Lipinski definition) is 1. The third-order valence-electron chi connectivity index (χ3n) is 3.17. The Morgan fingerprint density at radius 2 is 2.17 bits per heavy atom. The number of pyridine rings is 1. The van der Waals surface area contributed by atoms with Crippen LogP contribution < -0.4 is 0 Å². The van der Waals surface area contributed by atoms with Crippen molar-refractivity contribution in [1.82, 2.24) is 9.38 Å². The molecule has 0 saturated heterocycles. The molecular formula is C14H18N2O2. The van der Waals surface area contributed by atoms with Crippen LogP contribution in [0, 0.1) is 11.3 Å². The summed E-state index contributed by atoms with van der Waals surface area (Å²) in [5.74, 6) is -1.19. The second-order valence-corrected chi connectivity index (χ2v) is 5.66. The van der Waals surface area contributed by atoms with E-state index < -0.39 is 11.9 Å². The first kappa shape index (κ1) is 12.6. The van der Waals surface area contributed by atoms with Crippen LogP contribution in [-0.2, 0) is 11.2 Å². The third kappa shape index (κ3) is 2.53. The lowest BCUT2D eigenvalue weighted by atomic mass is 9.78. The maximum Gasteiger partial charge on any atom is 0.307 e. The van der Waals surface area contributed by atoms with Gasteiger partial charge >= 0.3 is 5.97 Å². The van der Waals surface area contributed by atoms with Crippen LogP contribution in [0.1, 0.15) is 26.5 Å². The molecule has 2 aromatic heterocycles. The van der Waals surface area contributed by atoms with Crippen molar-refractivity contribution in [3.63, 3.8) is 0 Å². The Hall–Kier alpha value is -1.84. The maximum absolute atomic E-state index is 11.3. The summed E-state index contributed by atoms with van der Waals surface area (Å²) in [5, 5.41) is 9.31. The summed E-state index contributed by atoms with van der Waals surface area (Å²) >= 11 is 0. The molecule has 0 aliphatic rings. The number of carboxylic acids is 1. The summed E-state index contributed by atoms with van der Waals surface area (Å²) in [6.45, 7) is 5.84. The molecular weight excluding hydrogens is 228 g/mol. The molecule has 1 unspecified atom stereocenters. The van der Waals surface area contributed by atoms with Gasteiger partial charge in [-0.25, -0.2) is 4.98 Å². The SMILES string of the molecule is CC(C)(C)C(Cc1cn2ccccc2n1)C(=O)O. The van der Waals surface area contributed by atoms with Gasteiger partial charge < -0.3 is 9.51 Å². The fourth-order valence-electron chi connectivity index (χ4n) is 2.06. The number of aliphatic carboxylic acids is 1. The lowest BCUT2D eigenvalue weighted by molar-refractivity contribution is -0.145. The van der Waals surface area contributed by atoms with Gasteiger partial charge in [-0.05, 0) is 17.5 Å². The Labute approximate surface area is 106 Å². The zero-order valence-electron chi connectivity index (χ0n) is 10.9. The van der Waals surface area contributed by atoms with Crippen molar-refractivity contribution >= 4 is 11.6 Å². The Kier molecular flexibility index (Phi) is 3.11. The lowest BCUT2D eigenvalue weighted by Crippen LogP contribution is -2.30. The molecule has 0 saturated carbocycles. The van der Waals surface area contributed by atoms with Gasteiger partial charge in [-0.3, -0.25) is 4.79 Å². The standard InChI is InChI=1S/C14H18N2O2/c1-14(2,3)11(13(17)18)8-10-9-16-7-5-4-6-12(16)15-10/h4-7,9,11H,8H2,1-3H3,(H,17,18). The minimum absolute atomic E-state index is 0.276. The molecule has 4 heteroatoms. The van der Waals surface area contributed by atoms with E-state index in [1.165, 1.54) is 0 Å². The number of rotatable bonds is 3. The normalized spacial score (nSPS) is 13.7. The summed E-state index contributed by atoms with van der Waals surface area (Å²) in [6.07, 6.45) is 4.27. The van der Waals surface area contributed by atoms with Gasteiger partial charge in [0.05, 0.1) is 11.6 Å². The van der Waals surface area contributed by atoms with E-state index in [1.807, 2.05) is 55.8 Å². The summed E-state index contributed by atoms with van der Waals surface area (Å²) < 4.78 is 1.91. The quantitative estimate of drug-likeness (QED) is 0.905. The first-order valence-corrected chi connectivity index (χ1v) is 6.03. The van der Waals surface area contributed by atoms with Crippen molar-refractivity contribution in [1.29, 1.82) is 0 Å². The lowest BCUT2D eigenvalue weighted by Gasteiger charge is -2.26. The van der Waals surface area contributed by atoms with Gasteiger partial charge in [-0.2, -0.15) is 0 Å². The van der Waals surface area contributed by atoms with E-state index in [2.05, 4.69) is 4.98 Å². The number of imidazole rings is 1. The van der Waals surface area contributed by atoms with Crippen molar-refractivity contribution in [2.24, 2.45) is 11.3 Å². The number of carbonyl (C=O) groups is 1. The predicted molar refractivity (Wildman–Crippen MR) is 69.5 cm³/mol. The molecule has 2 aromatic rings. The van der Waals surface area contributed by atoms with Crippen molar-refractivity contribution < 1.29 is 9.90 Å². The maximum atomic E-state index is 11.3. The van der Waals surface area contributed by atoms with Gasteiger partial charge in [0.2, 0.25) is 0 Å². The molecule has 96 valence electrons. The molecule has 4 nitrogen and oxygen atoms in total. The highest BCUT2D eigenvalue weighted by atomic mass is 16.4. The molecule has 0 aliphatic heterocycles. The van der Waals surface area contributed by atoms with Crippen LogP contribution in [0.4, 0.5) is 0 Å². The van der Waals surface area contributed by atoms with Crippen LogP contribution in [0.25, 0.3) is 5.65 Å². The fraction of sp³-hybridized carbons (Fsp3) is 0.429. The Balaban J connectivity index is 2.29. The molecule has 0 amide bonds. The highest BCUT2D eigenvalue weighted by molar-refractivity contribution is 5.71. The number of fused-ring (bicyclic) bond motifs is 1. The van der Waals surface area contributed by atoms with E-state index >= 15 is 0 Å². The first-order valence-electron chi connectivity index (χ1n) is 6.03. The van der Waals surface area contributed by atoms with Gasteiger partial charge in [0.15, 0.2) is 0 Å². The fourth-order valence-corrected chi connectivity index (χ4v) is 2.06. The van der Waals surface area contributed by atoms with Crippen molar-refractivity contribution in [2.75, 3.05) is 0 Å². The van der Waals surface area contributed by atoms with Crippen LogP contribution in [0.5, 0.6) is 0 Å². The van der Waals surface area contributed by atoms with Gasteiger partial charge in [0.1, 0.15) is 5.65 Å². The van der Waals surface area contributed by atoms with Crippen LogP contribution in [0.15, 0.2) is 30.6 Å². The topological polar surface area (TPSA) is 54.6 Å². The summed E-state index contributed by atoms with van der Waals surface area (Å²) in [6, 6.07) is 5.76. The molecule has 0 aliphatic carbocycles.